The van der Waals surface area contributed by atoms with Crippen molar-refractivity contribution in [1.82, 2.24) is 4.98 Å². The van der Waals surface area contributed by atoms with E-state index in [1.807, 2.05) is 20.8 Å². The van der Waals surface area contributed by atoms with Gasteiger partial charge in [-0.15, -0.1) is 0 Å². The summed E-state index contributed by atoms with van der Waals surface area (Å²) in [6, 6.07) is 1.64. The molecule has 3 nitrogen and oxygen atoms in total. The Bertz CT molecular complexity index is 383. The molecule has 82 valence electrons. The Morgan fingerprint density at radius 3 is 2.53 bits per heavy atom. The quantitative estimate of drug-likeness (QED) is 0.547. The number of ether oxygens (including phenoxy) is 1. The molecule has 0 atom stereocenters. The van der Waals surface area contributed by atoms with E-state index in [0.717, 1.165) is 5.56 Å². The van der Waals surface area contributed by atoms with E-state index < -0.39 is 5.60 Å². The highest BCUT2D eigenvalue weighted by atomic mass is 35.5. The van der Waals surface area contributed by atoms with Crippen molar-refractivity contribution in [3.8, 4) is 0 Å². The summed E-state index contributed by atoms with van der Waals surface area (Å²) in [6.07, 6.45) is 1.44. The van der Waals surface area contributed by atoms with Crippen molar-refractivity contribution in [3.05, 3.63) is 28.5 Å². The second-order valence-corrected chi connectivity index (χ2v) is 4.71. The summed E-state index contributed by atoms with van der Waals surface area (Å²) in [6.45, 7) is 7.27. The highest BCUT2D eigenvalue weighted by Gasteiger charge is 2.19. The molecule has 0 amide bonds. The third kappa shape index (κ3) is 3.51. The molecule has 0 saturated heterocycles. The molecule has 0 radical (unpaired) electrons. The maximum atomic E-state index is 11.7. The van der Waals surface area contributed by atoms with Gasteiger partial charge in [0.1, 0.15) is 10.8 Å². The monoisotopic (exact) mass is 227 g/mol. The van der Waals surface area contributed by atoms with E-state index >= 15 is 0 Å². The fourth-order valence-corrected chi connectivity index (χ4v) is 1.28. The predicted octanol–water partition coefficient (Wildman–Crippen LogP) is 3.00. The molecular formula is C11H14ClNO2. The highest BCUT2D eigenvalue weighted by molar-refractivity contribution is 6.29. The summed E-state index contributed by atoms with van der Waals surface area (Å²) in [7, 11) is 0. The van der Waals surface area contributed by atoms with Gasteiger partial charge in [-0.05, 0) is 39.3 Å². The molecule has 0 aromatic carbocycles. The van der Waals surface area contributed by atoms with E-state index in [1.165, 1.54) is 6.20 Å². The maximum Gasteiger partial charge on any atom is 0.340 e. The van der Waals surface area contributed by atoms with Gasteiger partial charge >= 0.3 is 5.97 Å². The number of esters is 1. The first-order chi connectivity index (χ1) is 6.79. The number of halogens is 1. The van der Waals surface area contributed by atoms with Crippen LogP contribution in [0.3, 0.4) is 0 Å². The highest BCUT2D eigenvalue weighted by Crippen LogP contribution is 2.16. The minimum Gasteiger partial charge on any atom is -0.456 e. The first-order valence-corrected chi connectivity index (χ1v) is 5.03. The number of pyridine rings is 1. The van der Waals surface area contributed by atoms with Crippen molar-refractivity contribution in [2.24, 2.45) is 0 Å². The normalized spacial score (nSPS) is 11.3. The van der Waals surface area contributed by atoms with Crippen LogP contribution in [-0.4, -0.2) is 16.6 Å². The van der Waals surface area contributed by atoms with Crippen LogP contribution in [0.15, 0.2) is 12.3 Å². The molecular weight excluding hydrogens is 214 g/mol. The van der Waals surface area contributed by atoms with Crippen molar-refractivity contribution in [2.75, 3.05) is 0 Å². The Hall–Kier alpha value is -1.09. The first-order valence-electron chi connectivity index (χ1n) is 4.65. The van der Waals surface area contributed by atoms with Crippen LogP contribution in [0.4, 0.5) is 0 Å². The molecule has 0 aliphatic heterocycles. The van der Waals surface area contributed by atoms with E-state index in [0.29, 0.717) is 10.7 Å². The lowest BCUT2D eigenvalue weighted by atomic mass is 10.1. The van der Waals surface area contributed by atoms with Gasteiger partial charge in [0.05, 0.1) is 5.56 Å². The third-order valence-corrected chi connectivity index (χ3v) is 1.90. The van der Waals surface area contributed by atoms with Gasteiger partial charge in [0.2, 0.25) is 0 Å². The Balaban J connectivity index is 2.92. The van der Waals surface area contributed by atoms with Gasteiger partial charge in [-0.3, -0.25) is 0 Å². The lowest BCUT2D eigenvalue weighted by Gasteiger charge is -2.19. The standard InChI is InChI=1S/C11H14ClNO2/c1-7-5-9(12)13-6-8(7)10(14)15-11(2,3)4/h5-6H,1-4H3. The van der Waals surface area contributed by atoms with Crippen LogP contribution in [0.1, 0.15) is 36.7 Å². The smallest absolute Gasteiger partial charge is 0.340 e. The molecule has 1 aromatic heterocycles. The number of carbonyl (C=O) groups excluding carboxylic acids is 1. The van der Waals surface area contributed by atoms with Crippen LogP contribution in [0.2, 0.25) is 5.15 Å². The second-order valence-electron chi connectivity index (χ2n) is 4.32. The van der Waals surface area contributed by atoms with E-state index in [4.69, 9.17) is 16.3 Å². The number of aromatic nitrogens is 1. The minimum atomic E-state index is -0.497. The molecule has 0 aliphatic carbocycles. The number of nitrogens with zero attached hydrogens (tertiary/aromatic N) is 1. The summed E-state index contributed by atoms with van der Waals surface area (Å²) in [5.41, 5.74) is 0.724. The number of hydrogen-bond acceptors (Lipinski definition) is 3. The van der Waals surface area contributed by atoms with Crippen LogP contribution < -0.4 is 0 Å². The number of rotatable bonds is 1. The summed E-state index contributed by atoms with van der Waals surface area (Å²) in [4.78, 5) is 15.5. The zero-order valence-corrected chi connectivity index (χ0v) is 10.1. The van der Waals surface area contributed by atoms with E-state index in [1.54, 1.807) is 13.0 Å². The Labute approximate surface area is 94.4 Å². The molecule has 4 heteroatoms. The molecule has 1 aromatic rings. The lowest BCUT2D eigenvalue weighted by molar-refractivity contribution is 0.00683. The van der Waals surface area contributed by atoms with Gasteiger partial charge in [-0.1, -0.05) is 11.6 Å². The zero-order valence-electron chi connectivity index (χ0n) is 9.30. The van der Waals surface area contributed by atoms with Crippen molar-refractivity contribution >= 4 is 17.6 Å². The van der Waals surface area contributed by atoms with Crippen LogP contribution >= 0.6 is 11.6 Å². The molecule has 0 spiro atoms. The molecule has 1 rings (SSSR count). The molecule has 0 unspecified atom stereocenters. The molecule has 0 saturated carbocycles. The van der Waals surface area contributed by atoms with Crippen LogP contribution in [0, 0.1) is 6.92 Å². The average molecular weight is 228 g/mol. The molecule has 0 N–H and O–H groups in total. The summed E-state index contributed by atoms with van der Waals surface area (Å²) in [5, 5.41) is 0.375. The van der Waals surface area contributed by atoms with Gasteiger partial charge in [0.15, 0.2) is 0 Å². The summed E-state index contributed by atoms with van der Waals surface area (Å²) in [5.74, 6) is -0.371. The van der Waals surface area contributed by atoms with E-state index in [9.17, 15) is 4.79 Å². The van der Waals surface area contributed by atoms with Gasteiger partial charge in [-0.25, -0.2) is 9.78 Å². The van der Waals surface area contributed by atoms with E-state index in [-0.39, 0.29) is 5.97 Å². The molecule has 0 bridgehead atoms. The fourth-order valence-electron chi connectivity index (χ4n) is 1.07. The summed E-state index contributed by atoms with van der Waals surface area (Å²) >= 11 is 5.69. The average Bonchev–Trinajstić information content (AvgIpc) is 1.99. The van der Waals surface area contributed by atoms with E-state index in [2.05, 4.69) is 4.98 Å². The predicted molar refractivity (Wildman–Crippen MR) is 59.2 cm³/mol. The maximum absolute atomic E-state index is 11.7. The first kappa shape index (κ1) is 12.0. The van der Waals surface area contributed by atoms with Gasteiger partial charge in [0.25, 0.3) is 0 Å². The summed E-state index contributed by atoms with van der Waals surface area (Å²) < 4.78 is 5.22. The van der Waals surface area contributed by atoms with Crippen molar-refractivity contribution in [2.45, 2.75) is 33.3 Å². The number of carbonyl (C=O) groups is 1. The number of aryl methyl sites for hydroxylation is 1. The molecule has 0 fully saturated rings. The minimum absolute atomic E-state index is 0.371. The zero-order chi connectivity index (χ0) is 11.6. The van der Waals surface area contributed by atoms with Crippen LogP contribution in [0.5, 0.6) is 0 Å². The van der Waals surface area contributed by atoms with Crippen molar-refractivity contribution < 1.29 is 9.53 Å². The Morgan fingerprint density at radius 2 is 2.07 bits per heavy atom. The van der Waals surface area contributed by atoms with Gasteiger partial charge in [-0.2, -0.15) is 0 Å². The Morgan fingerprint density at radius 1 is 1.47 bits per heavy atom. The molecule has 0 aliphatic rings. The second kappa shape index (κ2) is 4.19. The van der Waals surface area contributed by atoms with Gasteiger partial charge < -0.3 is 4.74 Å². The molecule has 1 heterocycles. The fraction of sp³-hybridized carbons (Fsp3) is 0.455. The lowest BCUT2D eigenvalue weighted by Crippen LogP contribution is -2.24. The number of hydrogen-bond donors (Lipinski definition) is 0. The topological polar surface area (TPSA) is 39.2 Å². The van der Waals surface area contributed by atoms with Crippen LogP contribution in [-0.2, 0) is 4.74 Å². The van der Waals surface area contributed by atoms with Gasteiger partial charge in [0, 0.05) is 6.20 Å². The third-order valence-electron chi connectivity index (χ3n) is 1.70. The largest absolute Gasteiger partial charge is 0.456 e. The van der Waals surface area contributed by atoms with Crippen LogP contribution in [0.25, 0.3) is 0 Å². The molecule has 15 heavy (non-hydrogen) atoms. The SMILES string of the molecule is Cc1cc(Cl)ncc1C(=O)OC(C)(C)C. The Kier molecular flexibility index (Phi) is 3.35. The van der Waals surface area contributed by atoms with Crippen molar-refractivity contribution in [3.63, 3.8) is 0 Å². The van der Waals surface area contributed by atoms with Crippen molar-refractivity contribution in [1.29, 1.82) is 0 Å².